The van der Waals surface area contributed by atoms with E-state index in [2.05, 4.69) is 15.0 Å². The number of alkyl halides is 3. The molecule has 5 nitrogen and oxygen atoms in total. The van der Waals surface area contributed by atoms with Crippen LogP contribution in [0.5, 0.6) is 5.75 Å². The van der Waals surface area contributed by atoms with Gasteiger partial charge in [0.25, 0.3) is 5.91 Å². The van der Waals surface area contributed by atoms with E-state index in [1.165, 1.54) is 30.5 Å². The third-order valence-electron chi connectivity index (χ3n) is 2.88. The average Bonchev–Trinajstić information content (AvgIpc) is 2.85. The molecule has 1 aromatic heterocycles. The number of ether oxygens (including phenoxy) is 1. The normalized spacial score (nSPS) is 11.3. The molecule has 0 radical (unpaired) electrons. The summed E-state index contributed by atoms with van der Waals surface area (Å²) in [6.45, 7) is 0.352. The summed E-state index contributed by atoms with van der Waals surface area (Å²) in [5.41, 5.74) is 0.787. The maximum atomic E-state index is 12.0. The highest BCUT2D eigenvalue weighted by Crippen LogP contribution is 2.22. The third-order valence-corrected chi connectivity index (χ3v) is 2.88. The molecular weight excluding hydrogens is 299 g/mol. The van der Waals surface area contributed by atoms with Crippen molar-refractivity contribution >= 4 is 5.91 Å². The molecule has 0 saturated carbocycles. The summed E-state index contributed by atoms with van der Waals surface area (Å²) in [6, 6.07) is 5.52. The number of carbonyl (C=O) groups is 1. The van der Waals surface area contributed by atoms with E-state index in [-0.39, 0.29) is 11.7 Å². The molecule has 1 amide bonds. The monoisotopic (exact) mass is 313 g/mol. The van der Waals surface area contributed by atoms with Gasteiger partial charge in [0.05, 0.1) is 0 Å². The lowest BCUT2D eigenvalue weighted by Crippen LogP contribution is -2.28. The summed E-state index contributed by atoms with van der Waals surface area (Å²) < 4.78 is 41.4. The molecule has 8 heteroatoms. The van der Waals surface area contributed by atoms with Gasteiger partial charge in [-0.1, -0.05) is 12.1 Å². The molecule has 0 atom stereocenters. The fraction of sp³-hybridized carbons (Fsp3) is 0.286. The number of hydrogen-bond acceptors (Lipinski definition) is 3. The molecule has 1 aromatic carbocycles. The number of hydrogen-bond donors (Lipinski definition) is 1. The maximum Gasteiger partial charge on any atom is 0.573 e. The molecule has 0 fully saturated rings. The van der Waals surface area contributed by atoms with Crippen molar-refractivity contribution in [1.82, 2.24) is 14.9 Å². The Morgan fingerprint density at radius 2 is 2.00 bits per heavy atom. The van der Waals surface area contributed by atoms with Crippen LogP contribution in [0.2, 0.25) is 0 Å². The first-order chi connectivity index (χ1) is 10.3. The number of halogens is 3. The number of benzene rings is 1. The molecule has 2 aromatic rings. The minimum atomic E-state index is -4.70. The van der Waals surface area contributed by atoms with Crippen molar-refractivity contribution in [3.05, 3.63) is 48.0 Å². The van der Waals surface area contributed by atoms with E-state index in [0.29, 0.717) is 18.8 Å². The van der Waals surface area contributed by atoms with Crippen LogP contribution in [0.3, 0.4) is 0 Å². The molecule has 0 aliphatic carbocycles. The van der Waals surface area contributed by atoms with Gasteiger partial charge in [-0.3, -0.25) is 4.79 Å². The van der Waals surface area contributed by atoms with Crippen molar-refractivity contribution in [3.63, 3.8) is 0 Å². The standard InChI is InChI=1S/C14H14F3N3O2/c1-20-9-8-18-12(20)13(21)19-7-6-10-2-4-11(5-3-10)22-14(15,16)17/h2-5,8-9H,6-7H2,1H3,(H,19,21). The number of carbonyl (C=O) groups excluding carboxylic acids is 1. The highest BCUT2D eigenvalue weighted by atomic mass is 19.4. The van der Waals surface area contributed by atoms with E-state index in [1.807, 2.05) is 0 Å². The van der Waals surface area contributed by atoms with Gasteiger partial charge in [-0.05, 0) is 24.1 Å². The summed E-state index contributed by atoms with van der Waals surface area (Å²) >= 11 is 0. The van der Waals surface area contributed by atoms with Crippen LogP contribution in [-0.4, -0.2) is 28.4 Å². The lowest BCUT2D eigenvalue weighted by atomic mass is 10.1. The van der Waals surface area contributed by atoms with E-state index in [9.17, 15) is 18.0 Å². The molecule has 1 N–H and O–H groups in total. The summed E-state index contributed by atoms with van der Waals surface area (Å²) in [5, 5.41) is 2.69. The number of aryl methyl sites for hydroxylation is 1. The van der Waals surface area contributed by atoms with Crippen LogP contribution in [0.25, 0.3) is 0 Å². The lowest BCUT2D eigenvalue weighted by molar-refractivity contribution is -0.274. The Morgan fingerprint density at radius 1 is 1.32 bits per heavy atom. The Kier molecular flexibility index (Phi) is 4.69. The van der Waals surface area contributed by atoms with Crippen LogP contribution in [0.4, 0.5) is 13.2 Å². The zero-order valence-corrected chi connectivity index (χ0v) is 11.7. The van der Waals surface area contributed by atoms with E-state index < -0.39 is 6.36 Å². The van der Waals surface area contributed by atoms with Gasteiger partial charge >= 0.3 is 6.36 Å². The van der Waals surface area contributed by atoms with Gasteiger partial charge < -0.3 is 14.6 Å². The van der Waals surface area contributed by atoms with Crippen LogP contribution in [-0.2, 0) is 13.5 Å². The Hall–Kier alpha value is -2.51. The first kappa shape index (κ1) is 15.9. The maximum absolute atomic E-state index is 12.0. The van der Waals surface area contributed by atoms with Crippen LogP contribution in [0, 0.1) is 0 Å². The average molecular weight is 313 g/mol. The van der Waals surface area contributed by atoms with Gasteiger partial charge in [0.1, 0.15) is 5.75 Å². The zero-order valence-electron chi connectivity index (χ0n) is 11.7. The topological polar surface area (TPSA) is 56.2 Å². The molecule has 118 valence electrons. The molecule has 0 unspecified atom stereocenters. The summed E-state index contributed by atoms with van der Waals surface area (Å²) in [6.07, 6.45) is -1.03. The van der Waals surface area contributed by atoms with E-state index >= 15 is 0 Å². The predicted molar refractivity (Wildman–Crippen MR) is 72.4 cm³/mol. The summed E-state index contributed by atoms with van der Waals surface area (Å²) in [7, 11) is 1.71. The Morgan fingerprint density at radius 3 is 2.55 bits per heavy atom. The number of rotatable bonds is 5. The molecule has 0 bridgehead atoms. The quantitative estimate of drug-likeness (QED) is 0.921. The van der Waals surface area contributed by atoms with Crippen LogP contribution in [0.15, 0.2) is 36.7 Å². The Balaban J connectivity index is 1.82. The van der Waals surface area contributed by atoms with Crippen LogP contribution >= 0.6 is 0 Å². The molecule has 0 spiro atoms. The van der Waals surface area contributed by atoms with Crippen LogP contribution in [0.1, 0.15) is 16.2 Å². The van der Waals surface area contributed by atoms with Gasteiger partial charge in [-0.25, -0.2) is 4.98 Å². The molecule has 22 heavy (non-hydrogen) atoms. The highest BCUT2D eigenvalue weighted by molar-refractivity contribution is 5.90. The van der Waals surface area contributed by atoms with Crippen molar-refractivity contribution in [2.75, 3.05) is 6.54 Å². The van der Waals surface area contributed by atoms with E-state index in [0.717, 1.165) is 5.56 Å². The highest BCUT2D eigenvalue weighted by Gasteiger charge is 2.30. The van der Waals surface area contributed by atoms with E-state index in [4.69, 9.17) is 0 Å². The first-order valence-electron chi connectivity index (χ1n) is 6.45. The molecular formula is C14H14F3N3O2. The van der Waals surface area contributed by atoms with Crippen molar-refractivity contribution < 1.29 is 22.7 Å². The third kappa shape index (κ3) is 4.51. The number of nitrogens with one attached hydrogen (secondary N) is 1. The van der Waals surface area contributed by atoms with Gasteiger partial charge in [0.2, 0.25) is 0 Å². The predicted octanol–water partition coefficient (Wildman–Crippen LogP) is 2.29. The van der Waals surface area contributed by atoms with Crippen molar-refractivity contribution in [1.29, 1.82) is 0 Å². The number of aromatic nitrogens is 2. The summed E-state index contributed by atoms with van der Waals surface area (Å²) in [4.78, 5) is 15.7. The number of imidazole rings is 1. The van der Waals surface area contributed by atoms with Crippen molar-refractivity contribution in [2.24, 2.45) is 7.05 Å². The minimum Gasteiger partial charge on any atom is -0.406 e. The Bertz CT molecular complexity index is 636. The Labute approximate surface area is 124 Å². The molecule has 2 rings (SSSR count). The minimum absolute atomic E-state index is 0.270. The lowest BCUT2D eigenvalue weighted by Gasteiger charge is -2.09. The zero-order chi connectivity index (χ0) is 16.2. The fourth-order valence-corrected chi connectivity index (χ4v) is 1.84. The number of nitrogens with zero attached hydrogens (tertiary/aromatic N) is 2. The second-order valence-corrected chi connectivity index (χ2v) is 4.56. The van der Waals surface area contributed by atoms with Gasteiger partial charge in [0.15, 0.2) is 5.82 Å². The second-order valence-electron chi connectivity index (χ2n) is 4.56. The first-order valence-corrected chi connectivity index (χ1v) is 6.45. The van der Waals surface area contributed by atoms with E-state index in [1.54, 1.807) is 17.8 Å². The van der Waals surface area contributed by atoms with Crippen molar-refractivity contribution in [3.8, 4) is 5.75 Å². The molecule has 0 saturated heterocycles. The largest absolute Gasteiger partial charge is 0.573 e. The molecule has 0 aliphatic heterocycles. The smallest absolute Gasteiger partial charge is 0.406 e. The SMILES string of the molecule is Cn1ccnc1C(=O)NCCc1ccc(OC(F)(F)F)cc1. The second kappa shape index (κ2) is 6.50. The number of amides is 1. The summed E-state index contributed by atoms with van der Waals surface area (Å²) in [5.74, 6) is -0.272. The fourth-order valence-electron chi connectivity index (χ4n) is 1.84. The molecule has 1 heterocycles. The van der Waals surface area contributed by atoms with Gasteiger partial charge in [-0.2, -0.15) is 0 Å². The van der Waals surface area contributed by atoms with Crippen molar-refractivity contribution in [2.45, 2.75) is 12.8 Å². The molecule has 0 aliphatic rings. The van der Waals surface area contributed by atoms with Crippen LogP contribution < -0.4 is 10.1 Å². The van der Waals surface area contributed by atoms with Gasteiger partial charge in [-0.15, -0.1) is 13.2 Å². The van der Waals surface area contributed by atoms with Gasteiger partial charge in [0, 0.05) is 26.0 Å².